The van der Waals surface area contributed by atoms with Crippen molar-refractivity contribution in [1.29, 1.82) is 0 Å². The van der Waals surface area contributed by atoms with Crippen LogP contribution in [0.3, 0.4) is 0 Å². The van der Waals surface area contributed by atoms with Crippen LogP contribution < -0.4 is 16.0 Å². The topological polar surface area (TPSA) is 71.2 Å². The summed E-state index contributed by atoms with van der Waals surface area (Å²) in [7, 11) is 0. The van der Waals surface area contributed by atoms with E-state index in [2.05, 4.69) is 29.0 Å². The summed E-state index contributed by atoms with van der Waals surface area (Å²) in [6.45, 7) is 5.91. The molecule has 0 bridgehead atoms. The Kier molecular flexibility index (Phi) is 3.28. The van der Waals surface area contributed by atoms with Crippen LogP contribution in [0.2, 0.25) is 0 Å². The standard InChI is InChI=1S/C12H18N4O/c1-8-6-16(7-9(2)15-8)12-10(11(13)17)4-3-5-14-12/h3-5,8-9,15H,6-7H2,1-2H3,(H2,13,17). The number of hydrogen-bond donors (Lipinski definition) is 2. The molecular weight excluding hydrogens is 216 g/mol. The van der Waals surface area contributed by atoms with Crippen molar-refractivity contribution in [2.24, 2.45) is 5.73 Å². The quantitative estimate of drug-likeness (QED) is 0.775. The third-order valence-corrected chi connectivity index (χ3v) is 2.91. The van der Waals surface area contributed by atoms with Crippen molar-refractivity contribution in [3.8, 4) is 0 Å². The molecule has 1 amide bonds. The molecule has 0 saturated carbocycles. The molecule has 1 fully saturated rings. The molecule has 1 aromatic heterocycles. The van der Waals surface area contributed by atoms with Crippen molar-refractivity contribution in [3.63, 3.8) is 0 Å². The highest BCUT2D eigenvalue weighted by atomic mass is 16.1. The van der Waals surface area contributed by atoms with Gasteiger partial charge in [-0.15, -0.1) is 0 Å². The number of nitrogens with zero attached hydrogens (tertiary/aromatic N) is 2. The third kappa shape index (κ3) is 2.55. The summed E-state index contributed by atoms with van der Waals surface area (Å²) >= 11 is 0. The van der Waals surface area contributed by atoms with Crippen LogP contribution in [0.1, 0.15) is 24.2 Å². The first-order chi connectivity index (χ1) is 8.08. The average molecular weight is 234 g/mol. The number of hydrogen-bond acceptors (Lipinski definition) is 4. The zero-order valence-electron chi connectivity index (χ0n) is 10.2. The summed E-state index contributed by atoms with van der Waals surface area (Å²) in [5.41, 5.74) is 5.86. The molecule has 1 aliphatic rings. The molecule has 92 valence electrons. The van der Waals surface area contributed by atoms with E-state index in [1.807, 2.05) is 0 Å². The lowest BCUT2D eigenvalue weighted by Gasteiger charge is -2.37. The smallest absolute Gasteiger partial charge is 0.252 e. The Morgan fingerprint density at radius 3 is 2.71 bits per heavy atom. The van der Waals surface area contributed by atoms with Gasteiger partial charge in [0, 0.05) is 31.4 Å². The first-order valence-corrected chi connectivity index (χ1v) is 5.83. The fourth-order valence-corrected chi connectivity index (χ4v) is 2.34. The van der Waals surface area contributed by atoms with Gasteiger partial charge in [0.2, 0.25) is 0 Å². The zero-order chi connectivity index (χ0) is 12.4. The van der Waals surface area contributed by atoms with Gasteiger partial charge in [-0.25, -0.2) is 4.98 Å². The Balaban J connectivity index is 2.30. The van der Waals surface area contributed by atoms with Gasteiger partial charge in [-0.3, -0.25) is 4.79 Å². The molecule has 5 nitrogen and oxygen atoms in total. The van der Waals surface area contributed by atoms with Crippen molar-refractivity contribution >= 4 is 11.7 Å². The van der Waals surface area contributed by atoms with Crippen LogP contribution >= 0.6 is 0 Å². The number of aromatic nitrogens is 1. The molecule has 2 atom stereocenters. The largest absolute Gasteiger partial charge is 0.365 e. The summed E-state index contributed by atoms with van der Waals surface area (Å²) in [5, 5.41) is 3.44. The molecule has 0 aliphatic carbocycles. The highest BCUT2D eigenvalue weighted by Crippen LogP contribution is 2.19. The van der Waals surface area contributed by atoms with Gasteiger partial charge in [-0.2, -0.15) is 0 Å². The minimum atomic E-state index is -0.424. The molecule has 1 saturated heterocycles. The SMILES string of the molecule is CC1CN(c2ncccc2C(N)=O)CC(C)N1. The number of nitrogens with one attached hydrogen (secondary N) is 1. The van der Waals surface area contributed by atoms with E-state index in [0.717, 1.165) is 13.1 Å². The number of nitrogens with two attached hydrogens (primary N) is 1. The van der Waals surface area contributed by atoms with E-state index in [9.17, 15) is 4.79 Å². The lowest BCUT2D eigenvalue weighted by Crippen LogP contribution is -2.54. The normalized spacial score (nSPS) is 24.7. The Bertz CT molecular complexity index is 411. The summed E-state index contributed by atoms with van der Waals surface area (Å²) in [5.74, 6) is 0.270. The van der Waals surface area contributed by atoms with E-state index >= 15 is 0 Å². The third-order valence-electron chi connectivity index (χ3n) is 2.91. The molecule has 0 aromatic carbocycles. The number of carbonyl (C=O) groups is 1. The Morgan fingerprint density at radius 2 is 2.12 bits per heavy atom. The lowest BCUT2D eigenvalue weighted by molar-refractivity contribution is 0.1000. The monoisotopic (exact) mass is 234 g/mol. The zero-order valence-corrected chi connectivity index (χ0v) is 10.2. The second-order valence-electron chi connectivity index (χ2n) is 4.61. The average Bonchev–Trinajstić information content (AvgIpc) is 2.27. The van der Waals surface area contributed by atoms with E-state index in [1.54, 1.807) is 18.3 Å². The molecule has 5 heteroatoms. The van der Waals surface area contributed by atoms with Crippen LogP contribution in [0.15, 0.2) is 18.3 Å². The Labute approximate surface area is 101 Å². The molecule has 17 heavy (non-hydrogen) atoms. The highest BCUT2D eigenvalue weighted by Gasteiger charge is 2.24. The number of anilines is 1. The van der Waals surface area contributed by atoms with Crippen LogP contribution in [0, 0.1) is 0 Å². The summed E-state index contributed by atoms with van der Waals surface area (Å²) < 4.78 is 0. The second-order valence-corrected chi connectivity index (χ2v) is 4.61. The van der Waals surface area contributed by atoms with Gasteiger partial charge in [0.05, 0.1) is 5.56 Å². The van der Waals surface area contributed by atoms with Crippen molar-refractivity contribution < 1.29 is 4.79 Å². The minimum Gasteiger partial charge on any atom is -0.365 e. The van der Waals surface area contributed by atoms with E-state index in [1.165, 1.54) is 0 Å². The van der Waals surface area contributed by atoms with Crippen molar-refractivity contribution in [2.75, 3.05) is 18.0 Å². The maximum Gasteiger partial charge on any atom is 0.252 e. The number of rotatable bonds is 2. The van der Waals surface area contributed by atoms with Crippen LogP contribution in [-0.4, -0.2) is 36.1 Å². The second kappa shape index (κ2) is 4.71. The maximum atomic E-state index is 11.4. The van der Waals surface area contributed by atoms with Crippen molar-refractivity contribution in [3.05, 3.63) is 23.9 Å². The number of amides is 1. The predicted molar refractivity (Wildman–Crippen MR) is 67.0 cm³/mol. The van der Waals surface area contributed by atoms with E-state index in [4.69, 9.17) is 5.73 Å². The van der Waals surface area contributed by atoms with E-state index in [0.29, 0.717) is 23.5 Å². The fraction of sp³-hybridized carbons (Fsp3) is 0.500. The molecule has 0 radical (unpaired) electrons. The van der Waals surface area contributed by atoms with E-state index < -0.39 is 5.91 Å². The highest BCUT2D eigenvalue weighted by molar-refractivity contribution is 5.97. The van der Waals surface area contributed by atoms with Gasteiger partial charge in [-0.1, -0.05) is 0 Å². The van der Waals surface area contributed by atoms with Gasteiger partial charge in [0.1, 0.15) is 5.82 Å². The van der Waals surface area contributed by atoms with Gasteiger partial charge in [0.25, 0.3) is 5.91 Å². The van der Waals surface area contributed by atoms with Crippen LogP contribution in [-0.2, 0) is 0 Å². The van der Waals surface area contributed by atoms with Crippen LogP contribution in [0.25, 0.3) is 0 Å². The predicted octanol–water partition coefficient (Wildman–Crippen LogP) is 0.367. The number of primary amides is 1. The fourth-order valence-electron chi connectivity index (χ4n) is 2.34. The Morgan fingerprint density at radius 1 is 1.47 bits per heavy atom. The maximum absolute atomic E-state index is 11.4. The molecule has 0 spiro atoms. The summed E-state index contributed by atoms with van der Waals surface area (Å²) in [4.78, 5) is 17.8. The molecule has 1 aromatic rings. The van der Waals surface area contributed by atoms with Gasteiger partial charge >= 0.3 is 0 Å². The molecular formula is C12H18N4O. The first-order valence-electron chi connectivity index (χ1n) is 5.83. The van der Waals surface area contributed by atoms with Gasteiger partial charge in [-0.05, 0) is 26.0 Å². The summed E-state index contributed by atoms with van der Waals surface area (Å²) in [6.07, 6.45) is 1.69. The minimum absolute atomic E-state index is 0.376. The molecule has 3 N–H and O–H groups in total. The van der Waals surface area contributed by atoms with Gasteiger partial charge in [0.15, 0.2) is 0 Å². The van der Waals surface area contributed by atoms with E-state index in [-0.39, 0.29) is 0 Å². The number of pyridine rings is 1. The molecule has 2 unspecified atom stereocenters. The van der Waals surface area contributed by atoms with Crippen molar-refractivity contribution in [2.45, 2.75) is 25.9 Å². The molecule has 1 aliphatic heterocycles. The molecule has 2 rings (SSSR count). The Hall–Kier alpha value is -1.62. The number of carbonyl (C=O) groups excluding carboxylic acids is 1. The lowest BCUT2D eigenvalue weighted by atomic mass is 10.1. The van der Waals surface area contributed by atoms with Crippen molar-refractivity contribution in [1.82, 2.24) is 10.3 Å². The first kappa shape index (κ1) is 11.9. The van der Waals surface area contributed by atoms with Crippen LogP contribution in [0.4, 0.5) is 5.82 Å². The molecule has 2 heterocycles. The van der Waals surface area contributed by atoms with Crippen LogP contribution in [0.5, 0.6) is 0 Å². The number of piperazine rings is 1. The van der Waals surface area contributed by atoms with Gasteiger partial charge < -0.3 is 16.0 Å². The summed E-state index contributed by atoms with van der Waals surface area (Å²) in [6, 6.07) is 4.21.